The highest BCUT2D eigenvalue weighted by molar-refractivity contribution is 7.99. The number of aryl methyl sites for hydroxylation is 1. The topological polar surface area (TPSA) is 12.0 Å². The zero-order valence-corrected chi connectivity index (χ0v) is 13.6. The summed E-state index contributed by atoms with van der Waals surface area (Å²) in [5.74, 6) is 1.12. The first-order valence-corrected chi connectivity index (χ1v) is 8.12. The van der Waals surface area contributed by atoms with E-state index in [0.717, 1.165) is 5.75 Å². The van der Waals surface area contributed by atoms with Crippen molar-refractivity contribution in [1.29, 1.82) is 0 Å². The summed E-state index contributed by atoms with van der Waals surface area (Å²) in [5.41, 5.74) is 5.41. The molecule has 0 aliphatic heterocycles. The quantitative estimate of drug-likeness (QED) is 0.797. The molecule has 0 fully saturated rings. The Labute approximate surface area is 126 Å². The highest BCUT2D eigenvalue weighted by Gasteiger charge is 2.14. The lowest BCUT2D eigenvalue weighted by atomic mass is 9.93. The van der Waals surface area contributed by atoms with Crippen LogP contribution < -0.4 is 5.32 Å². The first kappa shape index (κ1) is 15.1. The van der Waals surface area contributed by atoms with Gasteiger partial charge in [-0.25, -0.2) is 0 Å². The normalized spacial score (nSPS) is 12.4. The molecule has 0 aromatic heterocycles. The van der Waals surface area contributed by atoms with E-state index in [4.69, 9.17) is 0 Å². The molecule has 1 nitrogen and oxygen atoms in total. The maximum atomic E-state index is 3.45. The molecule has 0 radical (unpaired) electrons. The van der Waals surface area contributed by atoms with Gasteiger partial charge in [-0.1, -0.05) is 37.3 Å². The van der Waals surface area contributed by atoms with Gasteiger partial charge in [-0.3, -0.25) is 0 Å². The molecule has 0 aliphatic carbocycles. The Balaban J connectivity index is 2.34. The fraction of sp³-hybridized carbons (Fsp3) is 0.333. The van der Waals surface area contributed by atoms with Crippen LogP contribution in [-0.4, -0.2) is 12.8 Å². The SMILES string of the molecule is CCSc1ccc(C(NC)c2cccc(C)c2C)cc1. The third-order valence-electron chi connectivity index (χ3n) is 3.77. The highest BCUT2D eigenvalue weighted by atomic mass is 32.2. The summed E-state index contributed by atoms with van der Waals surface area (Å²) in [7, 11) is 2.03. The van der Waals surface area contributed by atoms with Crippen molar-refractivity contribution in [1.82, 2.24) is 5.32 Å². The van der Waals surface area contributed by atoms with Gasteiger partial charge in [-0.05, 0) is 61.0 Å². The molecule has 106 valence electrons. The maximum absolute atomic E-state index is 3.45. The highest BCUT2D eigenvalue weighted by Crippen LogP contribution is 2.28. The predicted molar refractivity (Wildman–Crippen MR) is 89.7 cm³/mol. The number of nitrogens with one attached hydrogen (secondary N) is 1. The monoisotopic (exact) mass is 285 g/mol. The Morgan fingerprint density at radius 2 is 1.75 bits per heavy atom. The molecule has 2 heteroatoms. The molecule has 0 bridgehead atoms. The summed E-state index contributed by atoms with van der Waals surface area (Å²) in [4.78, 5) is 1.34. The third-order valence-corrected chi connectivity index (χ3v) is 4.66. The van der Waals surface area contributed by atoms with E-state index in [2.05, 4.69) is 68.6 Å². The molecular formula is C18H23NS. The van der Waals surface area contributed by atoms with Gasteiger partial charge in [0, 0.05) is 4.90 Å². The van der Waals surface area contributed by atoms with Crippen molar-refractivity contribution in [3.05, 3.63) is 64.7 Å². The number of thioether (sulfide) groups is 1. The van der Waals surface area contributed by atoms with Crippen molar-refractivity contribution in [2.75, 3.05) is 12.8 Å². The Bertz CT molecular complexity index is 560. The Kier molecular flexibility index (Phi) is 5.27. The van der Waals surface area contributed by atoms with E-state index in [-0.39, 0.29) is 6.04 Å². The van der Waals surface area contributed by atoms with Crippen LogP contribution in [0.2, 0.25) is 0 Å². The zero-order valence-electron chi connectivity index (χ0n) is 12.7. The number of hydrogen-bond donors (Lipinski definition) is 1. The first-order valence-electron chi connectivity index (χ1n) is 7.13. The van der Waals surface area contributed by atoms with Gasteiger partial charge in [0.15, 0.2) is 0 Å². The van der Waals surface area contributed by atoms with Crippen molar-refractivity contribution in [2.45, 2.75) is 31.7 Å². The van der Waals surface area contributed by atoms with E-state index in [9.17, 15) is 0 Å². The van der Waals surface area contributed by atoms with Crippen LogP contribution >= 0.6 is 11.8 Å². The van der Waals surface area contributed by atoms with Crippen LogP contribution in [0.25, 0.3) is 0 Å². The van der Waals surface area contributed by atoms with Gasteiger partial charge in [-0.15, -0.1) is 11.8 Å². The molecule has 0 aliphatic rings. The Morgan fingerprint density at radius 3 is 2.35 bits per heavy atom. The van der Waals surface area contributed by atoms with Gasteiger partial charge < -0.3 is 5.32 Å². The summed E-state index contributed by atoms with van der Waals surface area (Å²) < 4.78 is 0. The van der Waals surface area contributed by atoms with Crippen LogP contribution in [0, 0.1) is 13.8 Å². The molecule has 2 aromatic carbocycles. The summed E-state index contributed by atoms with van der Waals surface area (Å²) in [5, 5.41) is 3.45. The second kappa shape index (κ2) is 6.96. The van der Waals surface area contributed by atoms with Crippen LogP contribution in [0.3, 0.4) is 0 Å². The number of rotatable bonds is 5. The van der Waals surface area contributed by atoms with E-state index < -0.39 is 0 Å². The predicted octanol–water partition coefficient (Wildman–Crippen LogP) is 4.72. The fourth-order valence-electron chi connectivity index (χ4n) is 2.51. The van der Waals surface area contributed by atoms with Crippen molar-refractivity contribution in [2.24, 2.45) is 0 Å². The lowest BCUT2D eigenvalue weighted by Crippen LogP contribution is -2.18. The van der Waals surface area contributed by atoms with E-state index in [1.165, 1.54) is 27.1 Å². The van der Waals surface area contributed by atoms with Crippen LogP contribution in [0.1, 0.15) is 35.2 Å². The average molecular weight is 285 g/mol. The molecule has 2 rings (SSSR count). The summed E-state index contributed by atoms with van der Waals surface area (Å²) in [6.45, 7) is 6.56. The van der Waals surface area contributed by atoms with Crippen LogP contribution in [0.15, 0.2) is 47.4 Å². The molecule has 0 amide bonds. The van der Waals surface area contributed by atoms with Crippen molar-refractivity contribution >= 4 is 11.8 Å². The van der Waals surface area contributed by atoms with Gasteiger partial charge in [0.05, 0.1) is 6.04 Å². The average Bonchev–Trinajstić information content (AvgIpc) is 2.46. The van der Waals surface area contributed by atoms with Crippen molar-refractivity contribution in [3.63, 3.8) is 0 Å². The lowest BCUT2D eigenvalue weighted by molar-refractivity contribution is 0.686. The summed E-state index contributed by atoms with van der Waals surface area (Å²) >= 11 is 1.88. The molecular weight excluding hydrogens is 262 g/mol. The van der Waals surface area contributed by atoms with Gasteiger partial charge in [-0.2, -0.15) is 0 Å². The summed E-state index contributed by atoms with van der Waals surface area (Å²) in [6, 6.07) is 15.7. The molecule has 0 saturated heterocycles. The second-order valence-electron chi connectivity index (χ2n) is 5.01. The van der Waals surface area contributed by atoms with E-state index in [1.54, 1.807) is 0 Å². The number of hydrogen-bond acceptors (Lipinski definition) is 2. The molecule has 1 N–H and O–H groups in total. The number of benzene rings is 2. The second-order valence-corrected chi connectivity index (χ2v) is 6.35. The minimum Gasteiger partial charge on any atom is -0.309 e. The van der Waals surface area contributed by atoms with E-state index in [0.29, 0.717) is 0 Å². The molecule has 0 heterocycles. The Hall–Kier alpha value is -1.25. The largest absolute Gasteiger partial charge is 0.309 e. The van der Waals surface area contributed by atoms with E-state index >= 15 is 0 Å². The molecule has 0 spiro atoms. The molecule has 20 heavy (non-hydrogen) atoms. The zero-order chi connectivity index (χ0) is 14.5. The first-order chi connectivity index (χ1) is 9.67. The standard InChI is InChI=1S/C18H23NS/c1-5-20-16-11-9-15(10-12-16)18(19-4)17-8-6-7-13(2)14(17)3/h6-12,18-19H,5H2,1-4H3. The molecule has 1 atom stereocenters. The Morgan fingerprint density at radius 1 is 1.05 bits per heavy atom. The molecule has 1 unspecified atom stereocenters. The third kappa shape index (κ3) is 3.25. The van der Waals surface area contributed by atoms with Gasteiger partial charge in [0.1, 0.15) is 0 Å². The minimum atomic E-state index is 0.260. The van der Waals surface area contributed by atoms with Crippen LogP contribution in [0.4, 0.5) is 0 Å². The minimum absolute atomic E-state index is 0.260. The summed E-state index contributed by atoms with van der Waals surface area (Å²) in [6.07, 6.45) is 0. The van der Waals surface area contributed by atoms with Crippen LogP contribution in [-0.2, 0) is 0 Å². The smallest absolute Gasteiger partial charge is 0.0577 e. The molecule has 2 aromatic rings. The van der Waals surface area contributed by atoms with Gasteiger partial charge >= 0.3 is 0 Å². The fourth-order valence-corrected chi connectivity index (χ4v) is 3.17. The van der Waals surface area contributed by atoms with Crippen molar-refractivity contribution < 1.29 is 0 Å². The van der Waals surface area contributed by atoms with Gasteiger partial charge in [0.25, 0.3) is 0 Å². The maximum Gasteiger partial charge on any atom is 0.0577 e. The molecule has 0 saturated carbocycles. The lowest BCUT2D eigenvalue weighted by Gasteiger charge is -2.20. The van der Waals surface area contributed by atoms with E-state index in [1.807, 2.05) is 18.8 Å². The van der Waals surface area contributed by atoms with Crippen molar-refractivity contribution in [3.8, 4) is 0 Å². The van der Waals surface area contributed by atoms with Gasteiger partial charge in [0.2, 0.25) is 0 Å². The van der Waals surface area contributed by atoms with Crippen LogP contribution in [0.5, 0.6) is 0 Å².